The predicted molar refractivity (Wildman–Crippen MR) is 143 cm³/mol. The summed E-state index contributed by atoms with van der Waals surface area (Å²) in [5.41, 5.74) is -0.0683. The van der Waals surface area contributed by atoms with Gasteiger partial charge in [-0.2, -0.15) is 0 Å². The Morgan fingerprint density at radius 3 is 2.39 bits per heavy atom. The number of hydrogen-bond donors (Lipinski definition) is 1. The summed E-state index contributed by atoms with van der Waals surface area (Å²) in [5, 5.41) is 3.19. The van der Waals surface area contributed by atoms with Gasteiger partial charge in [-0.1, -0.05) is 51.3 Å². The highest BCUT2D eigenvalue weighted by molar-refractivity contribution is 9.10. The summed E-state index contributed by atoms with van der Waals surface area (Å²) in [4.78, 5) is 30.8. The highest BCUT2D eigenvalue weighted by Crippen LogP contribution is 2.44. The van der Waals surface area contributed by atoms with E-state index < -0.39 is 15.4 Å². The number of benzene rings is 2. The van der Waals surface area contributed by atoms with E-state index >= 15 is 0 Å². The van der Waals surface area contributed by atoms with Crippen molar-refractivity contribution >= 4 is 72.4 Å². The minimum atomic E-state index is -3.84. The molecule has 1 aliphatic heterocycles. The molecule has 0 aliphatic carbocycles. The molecule has 0 bridgehead atoms. The molecule has 2 amide bonds. The number of nitrogens with zero attached hydrogens (tertiary/aromatic N) is 3. The van der Waals surface area contributed by atoms with E-state index in [1.165, 1.54) is 22.6 Å². The van der Waals surface area contributed by atoms with E-state index in [1.54, 1.807) is 25.1 Å². The number of halogens is 3. The Hall–Kier alpha value is -2.40. The van der Waals surface area contributed by atoms with Crippen molar-refractivity contribution in [3.63, 3.8) is 0 Å². The molecule has 0 saturated heterocycles. The highest BCUT2D eigenvalue weighted by Gasteiger charge is 2.51. The maximum absolute atomic E-state index is 14.0. The van der Waals surface area contributed by atoms with Crippen molar-refractivity contribution in [3.8, 4) is 0 Å². The van der Waals surface area contributed by atoms with Crippen molar-refractivity contribution in [1.82, 2.24) is 14.9 Å². The molecule has 0 radical (unpaired) electrons. The Morgan fingerprint density at radius 2 is 1.78 bits per heavy atom. The lowest BCUT2D eigenvalue weighted by Crippen LogP contribution is -2.42. The normalized spacial score (nSPS) is 17.4. The first-order valence-electron chi connectivity index (χ1n) is 11.0. The summed E-state index contributed by atoms with van der Waals surface area (Å²) >= 11 is 15.8. The lowest BCUT2D eigenvalue weighted by atomic mass is 9.92. The van der Waals surface area contributed by atoms with Crippen LogP contribution in [0.15, 0.2) is 58.2 Å². The molecule has 8 nitrogen and oxygen atoms in total. The van der Waals surface area contributed by atoms with Gasteiger partial charge >= 0.3 is 0 Å². The topological polar surface area (TPSA) is 101 Å². The SMILES string of the molecule is CC(=O)NCCCS(=O)(=O)c1cnc2n1[C@](C)(Cc1ccc(Br)cc1)C(=O)N2c1cc(Cl)cc(Cl)c1. The van der Waals surface area contributed by atoms with E-state index in [-0.39, 0.29) is 47.9 Å². The third-order valence-electron chi connectivity index (χ3n) is 5.92. The summed E-state index contributed by atoms with van der Waals surface area (Å²) in [6.45, 7) is 3.29. The molecule has 0 unspecified atom stereocenters. The summed E-state index contributed by atoms with van der Waals surface area (Å²) in [5.74, 6) is -0.648. The Balaban J connectivity index is 1.81. The molecule has 4 rings (SSSR count). The van der Waals surface area contributed by atoms with Crippen LogP contribution in [0.3, 0.4) is 0 Å². The fraction of sp³-hybridized carbons (Fsp3) is 0.292. The molecule has 190 valence electrons. The Labute approximate surface area is 227 Å². The standard InChI is InChI=1S/C24H23BrCl2N4O4S/c1-15(32)28-8-3-9-36(34,35)21-14-29-23-30(20-11-18(26)10-19(27)12-20)22(33)24(2,31(21)23)13-16-4-6-17(25)7-5-16/h4-7,10-12,14H,3,8-9,13H2,1-2H3,(H,28,32)/t24-/m1/s1. The van der Waals surface area contributed by atoms with Crippen LogP contribution in [0, 0.1) is 0 Å². The minimum absolute atomic E-state index is 0.0658. The zero-order chi connectivity index (χ0) is 26.3. The van der Waals surface area contributed by atoms with E-state index in [0.29, 0.717) is 15.7 Å². The molecule has 0 spiro atoms. The number of amides is 2. The van der Waals surface area contributed by atoms with E-state index in [2.05, 4.69) is 26.2 Å². The Bertz CT molecular complexity index is 1420. The van der Waals surface area contributed by atoms with Gasteiger partial charge in [-0.05, 0) is 49.2 Å². The first-order chi connectivity index (χ1) is 16.9. The molecule has 1 N–H and O–H groups in total. The number of rotatable bonds is 8. The quantitative estimate of drug-likeness (QED) is 0.365. The molecule has 1 aliphatic rings. The number of carbonyl (C=O) groups excluding carboxylic acids is 2. The highest BCUT2D eigenvalue weighted by atomic mass is 79.9. The third kappa shape index (κ3) is 5.18. The van der Waals surface area contributed by atoms with E-state index in [0.717, 1.165) is 10.0 Å². The predicted octanol–water partition coefficient (Wildman–Crippen LogP) is 4.89. The van der Waals surface area contributed by atoms with Crippen molar-refractivity contribution in [2.75, 3.05) is 17.2 Å². The maximum Gasteiger partial charge on any atom is 0.260 e. The average molecular weight is 614 g/mol. The third-order valence-corrected chi connectivity index (χ3v) is 8.63. The fourth-order valence-corrected chi connectivity index (χ4v) is 6.57. The average Bonchev–Trinajstić information content (AvgIpc) is 3.31. The van der Waals surface area contributed by atoms with Crippen LogP contribution in [0.4, 0.5) is 11.6 Å². The fourth-order valence-electron chi connectivity index (χ4n) is 4.28. The number of hydrogen-bond acceptors (Lipinski definition) is 5. The van der Waals surface area contributed by atoms with Gasteiger partial charge in [-0.25, -0.2) is 18.3 Å². The summed E-state index contributed by atoms with van der Waals surface area (Å²) < 4.78 is 29.1. The van der Waals surface area contributed by atoms with E-state index in [1.807, 2.05) is 24.3 Å². The first-order valence-corrected chi connectivity index (χ1v) is 14.2. The molecule has 12 heteroatoms. The van der Waals surface area contributed by atoms with Crippen LogP contribution >= 0.6 is 39.1 Å². The number of aromatic nitrogens is 2. The monoisotopic (exact) mass is 612 g/mol. The van der Waals surface area contributed by atoms with Crippen LogP contribution in [0.1, 0.15) is 25.8 Å². The molecule has 2 heterocycles. The van der Waals surface area contributed by atoms with E-state index in [9.17, 15) is 18.0 Å². The number of anilines is 2. The van der Waals surface area contributed by atoms with Crippen molar-refractivity contribution in [3.05, 3.63) is 68.7 Å². The van der Waals surface area contributed by atoms with Gasteiger partial charge in [0.25, 0.3) is 5.91 Å². The Morgan fingerprint density at radius 1 is 1.14 bits per heavy atom. The number of sulfone groups is 1. The lowest BCUT2D eigenvalue weighted by Gasteiger charge is -2.26. The molecule has 1 atom stereocenters. The zero-order valence-corrected chi connectivity index (χ0v) is 23.4. The van der Waals surface area contributed by atoms with Crippen LogP contribution in [0.25, 0.3) is 0 Å². The van der Waals surface area contributed by atoms with Gasteiger partial charge in [0.2, 0.25) is 11.9 Å². The molecule has 0 fully saturated rings. The van der Waals surface area contributed by atoms with Gasteiger partial charge in [0.15, 0.2) is 14.9 Å². The molecule has 2 aromatic carbocycles. The second-order valence-electron chi connectivity index (χ2n) is 8.73. The number of imidazole rings is 1. The van der Waals surface area contributed by atoms with Crippen LogP contribution < -0.4 is 10.2 Å². The van der Waals surface area contributed by atoms with Crippen molar-refractivity contribution in [1.29, 1.82) is 0 Å². The summed E-state index contributed by atoms with van der Waals surface area (Å²) in [6.07, 6.45) is 1.71. The van der Waals surface area contributed by atoms with Gasteiger partial charge < -0.3 is 5.32 Å². The summed E-state index contributed by atoms with van der Waals surface area (Å²) in [7, 11) is -3.84. The number of fused-ring (bicyclic) bond motifs is 1. The Kier molecular flexibility index (Phi) is 7.52. The smallest absolute Gasteiger partial charge is 0.260 e. The van der Waals surface area contributed by atoms with Gasteiger partial charge in [-0.3, -0.25) is 14.2 Å². The number of nitrogens with one attached hydrogen (secondary N) is 1. The molecule has 0 saturated carbocycles. The molecule has 3 aromatic rings. The lowest BCUT2D eigenvalue weighted by molar-refractivity contribution is -0.124. The molecule has 36 heavy (non-hydrogen) atoms. The molecular weight excluding hydrogens is 591 g/mol. The second-order valence-corrected chi connectivity index (χ2v) is 12.6. The van der Waals surface area contributed by atoms with Crippen molar-refractivity contribution < 1.29 is 18.0 Å². The van der Waals surface area contributed by atoms with Crippen LogP contribution in [-0.2, 0) is 31.4 Å². The largest absolute Gasteiger partial charge is 0.356 e. The van der Waals surface area contributed by atoms with Crippen molar-refractivity contribution in [2.45, 2.75) is 37.3 Å². The van der Waals surface area contributed by atoms with Gasteiger partial charge in [0, 0.05) is 34.4 Å². The van der Waals surface area contributed by atoms with Crippen LogP contribution in [0.2, 0.25) is 10.0 Å². The number of carbonyl (C=O) groups is 2. The molecular formula is C24H23BrCl2N4O4S. The van der Waals surface area contributed by atoms with Crippen LogP contribution in [0.5, 0.6) is 0 Å². The first kappa shape index (κ1) is 26.7. The van der Waals surface area contributed by atoms with Gasteiger partial charge in [0.1, 0.15) is 5.54 Å². The van der Waals surface area contributed by atoms with Gasteiger partial charge in [0.05, 0.1) is 17.6 Å². The molecule has 1 aromatic heterocycles. The van der Waals surface area contributed by atoms with Crippen molar-refractivity contribution in [2.24, 2.45) is 0 Å². The summed E-state index contributed by atoms with van der Waals surface area (Å²) in [6, 6.07) is 12.2. The maximum atomic E-state index is 14.0. The zero-order valence-electron chi connectivity index (χ0n) is 19.5. The second kappa shape index (κ2) is 10.2. The van der Waals surface area contributed by atoms with E-state index in [4.69, 9.17) is 23.2 Å². The van der Waals surface area contributed by atoms with Gasteiger partial charge in [-0.15, -0.1) is 0 Å². The minimum Gasteiger partial charge on any atom is -0.356 e. The van der Waals surface area contributed by atoms with Crippen LogP contribution in [-0.4, -0.2) is 42.1 Å².